The normalized spacial score (nSPS) is 16.8. The van der Waals surface area contributed by atoms with Crippen molar-refractivity contribution in [3.8, 4) is 0 Å². The first-order valence-electron chi connectivity index (χ1n) is 6.57. The van der Waals surface area contributed by atoms with E-state index in [1.165, 1.54) is 11.3 Å². The number of aromatic nitrogens is 3. The number of imidazole rings is 1. The van der Waals surface area contributed by atoms with E-state index in [-0.39, 0.29) is 11.3 Å². The Balaban J connectivity index is 1.69. The molecule has 1 unspecified atom stereocenters. The lowest BCUT2D eigenvalue weighted by atomic mass is 10.2. The van der Waals surface area contributed by atoms with Crippen molar-refractivity contribution in [1.29, 1.82) is 0 Å². The largest absolute Gasteiger partial charge is 0.372 e. The van der Waals surface area contributed by atoms with Gasteiger partial charge in [-0.05, 0) is 17.5 Å². The van der Waals surface area contributed by atoms with Gasteiger partial charge in [0, 0.05) is 17.8 Å². The summed E-state index contributed by atoms with van der Waals surface area (Å²) in [5, 5.41) is 10.4. The highest BCUT2D eigenvalue weighted by Gasteiger charge is 2.20. The number of nitrogens with zero attached hydrogens (tertiary/aromatic N) is 2. The Labute approximate surface area is 134 Å². The molecule has 0 saturated heterocycles. The minimum Gasteiger partial charge on any atom is -0.372 e. The molecule has 0 fully saturated rings. The Morgan fingerprint density at radius 2 is 2.32 bits per heavy atom. The van der Waals surface area contributed by atoms with Gasteiger partial charge in [-0.15, -0.1) is 11.3 Å². The van der Waals surface area contributed by atoms with E-state index in [9.17, 15) is 4.79 Å². The van der Waals surface area contributed by atoms with Gasteiger partial charge in [-0.3, -0.25) is 10.1 Å². The van der Waals surface area contributed by atoms with Gasteiger partial charge >= 0.3 is 0 Å². The fraction of sp³-hybridized carbons (Fsp3) is 0.0714. The van der Waals surface area contributed by atoms with Crippen LogP contribution < -0.4 is 10.6 Å². The molecule has 4 rings (SSSR count). The lowest BCUT2D eigenvalue weighted by Gasteiger charge is -2.05. The van der Waals surface area contributed by atoms with E-state index in [4.69, 9.17) is 0 Å². The Morgan fingerprint density at radius 3 is 3.09 bits per heavy atom. The minimum absolute atomic E-state index is 0.0577. The first kappa shape index (κ1) is 13.4. The maximum atomic E-state index is 12.4. The molecule has 1 amide bonds. The maximum absolute atomic E-state index is 12.4. The van der Waals surface area contributed by atoms with Gasteiger partial charge in [0.1, 0.15) is 16.7 Å². The summed E-state index contributed by atoms with van der Waals surface area (Å²) < 4.78 is 0. The highest BCUT2D eigenvalue weighted by atomic mass is 32.2. The van der Waals surface area contributed by atoms with Gasteiger partial charge < -0.3 is 10.3 Å². The molecule has 0 spiro atoms. The Bertz CT molecular complexity index is 847. The van der Waals surface area contributed by atoms with Crippen molar-refractivity contribution < 1.29 is 4.79 Å². The molecule has 0 saturated carbocycles. The number of aromatic amines is 1. The monoisotopic (exact) mass is 329 g/mol. The molecule has 0 radical (unpaired) electrons. The number of benzene rings is 1. The topological polar surface area (TPSA) is 82.7 Å². The summed E-state index contributed by atoms with van der Waals surface area (Å²) in [4.78, 5) is 24.3. The summed E-state index contributed by atoms with van der Waals surface area (Å²) in [5.41, 5.74) is 2.04. The molecule has 8 heteroatoms. The van der Waals surface area contributed by atoms with Crippen LogP contribution >= 0.6 is 23.1 Å². The number of carbonyl (C=O) groups excluding carboxylic acids is 1. The number of hydrogen-bond acceptors (Lipinski definition) is 6. The van der Waals surface area contributed by atoms with Gasteiger partial charge in [0.05, 0.1) is 11.1 Å². The summed E-state index contributed by atoms with van der Waals surface area (Å²) in [7, 11) is 0. The van der Waals surface area contributed by atoms with Crippen molar-refractivity contribution in [2.24, 2.45) is 0 Å². The molecule has 6 nitrogen and oxygen atoms in total. The summed E-state index contributed by atoms with van der Waals surface area (Å²) in [5.74, 6) is 0.600. The molecule has 3 N–H and O–H groups in total. The zero-order valence-corrected chi connectivity index (χ0v) is 12.9. The molecule has 2 aromatic heterocycles. The number of thiazole rings is 1. The van der Waals surface area contributed by atoms with E-state index in [2.05, 4.69) is 25.6 Å². The lowest BCUT2D eigenvalue weighted by Crippen LogP contribution is -2.12. The van der Waals surface area contributed by atoms with Crippen LogP contribution in [-0.2, 0) is 0 Å². The van der Waals surface area contributed by atoms with Crippen LogP contribution in [-0.4, -0.2) is 20.9 Å². The Kier molecular flexibility index (Phi) is 3.32. The SMILES string of the molecule is O=C(Nc1nccs1)c1cccc2[nH]c(C3NC=CS3)nc12. The van der Waals surface area contributed by atoms with Crippen molar-refractivity contribution >= 4 is 45.2 Å². The molecule has 1 atom stereocenters. The second-order valence-electron chi connectivity index (χ2n) is 4.60. The van der Waals surface area contributed by atoms with Crippen LogP contribution in [0.5, 0.6) is 0 Å². The number of rotatable bonds is 3. The van der Waals surface area contributed by atoms with Crippen LogP contribution in [0.2, 0.25) is 0 Å². The third-order valence-electron chi connectivity index (χ3n) is 3.21. The van der Waals surface area contributed by atoms with E-state index in [1.807, 2.05) is 29.1 Å². The average Bonchev–Trinajstić information content (AvgIpc) is 3.26. The van der Waals surface area contributed by atoms with Crippen molar-refractivity contribution in [2.75, 3.05) is 5.32 Å². The number of thioether (sulfide) groups is 1. The molecule has 1 aromatic carbocycles. The van der Waals surface area contributed by atoms with E-state index in [1.54, 1.807) is 24.0 Å². The number of hydrogen-bond donors (Lipinski definition) is 3. The number of nitrogens with one attached hydrogen (secondary N) is 3. The standard InChI is InChI=1S/C14H11N5OS2/c20-12(19-14-16-5-7-22-14)8-2-1-3-9-10(8)18-11(17-9)13-15-4-6-21-13/h1-7,13,15H,(H,17,18)(H,16,19,20). The molecular formula is C14H11N5OS2. The van der Waals surface area contributed by atoms with Gasteiger partial charge in [-0.25, -0.2) is 9.97 Å². The third-order valence-corrected chi connectivity index (χ3v) is 4.82. The Morgan fingerprint density at radius 1 is 1.36 bits per heavy atom. The molecular weight excluding hydrogens is 318 g/mol. The highest BCUT2D eigenvalue weighted by Crippen LogP contribution is 2.31. The number of amides is 1. The zero-order chi connectivity index (χ0) is 14.9. The van der Waals surface area contributed by atoms with Crippen molar-refractivity contribution in [3.63, 3.8) is 0 Å². The van der Waals surface area contributed by atoms with Crippen molar-refractivity contribution in [1.82, 2.24) is 20.3 Å². The van der Waals surface area contributed by atoms with Crippen LogP contribution in [0.1, 0.15) is 21.6 Å². The predicted molar refractivity (Wildman–Crippen MR) is 88.8 cm³/mol. The van der Waals surface area contributed by atoms with Crippen LogP contribution in [0.25, 0.3) is 11.0 Å². The third kappa shape index (κ3) is 2.36. The fourth-order valence-corrected chi connectivity index (χ4v) is 3.47. The lowest BCUT2D eigenvalue weighted by molar-refractivity contribution is 0.102. The average molecular weight is 329 g/mol. The maximum Gasteiger partial charge on any atom is 0.259 e. The van der Waals surface area contributed by atoms with E-state index < -0.39 is 0 Å². The Hall–Kier alpha value is -2.32. The molecule has 0 aliphatic carbocycles. The quantitative estimate of drug-likeness (QED) is 0.688. The second kappa shape index (κ2) is 5.47. The molecule has 3 aromatic rings. The van der Waals surface area contributed by atoms with E-state index in [0.717, 1.165) is 11.3 Å². The summed E-state index contributed by atoms with van der Waals surface area (Å²) in [6.45, 7) is 0. The number of fused-ring (bicyclic) bond motifs is 1. The number of anilines is 1. The van der Waals surface area contributed by atoms with Gasteiger partial charge in [0.25, 0.3) is 5.91 Å². The summed E-state index contributed by atoms with van der Waals surface area (Å²) in [6, 6.07) is 5.52. The van der Waals surface area contributed by atoms with Gasteiger partial charge in [-0.2, -0.15) is 0 Å². The van der Waals surface area contributed by atoms with E-state index >= 15 is 0 Å². The van der Waals surface area contributed by atoms with Crippen molar-refractivity contribution in [3.05, 3.63) is 52.8 Å². The van der Waals surface area contributed by atoms with Crippen LogP contribution in [0.4, 0.5) is 5.13 Å². The van der Waals surface area contributed by atoms with Gasteiger partial charge in [-0.1, -0.05) is 17.8 Å². The predicted octanol–water partition coefficient (Wildman–Crippen LogP) is 3.08. The van der Waals surface area contributed by atoms with Crippen LogP contribution in [0, 0.1) is 0 Å². The first-order valence-corrected chi connectivity index (χ1v) is 8.39. The molecule has 3 heterocycles. The fourth-order valence-electron chi connectivity index (χ4n) is 2.24. The molecule has 0 bridgehead atoms. The van der Waals surface area contributed by atoms with Crippen molar-refractivity contribution in [2.45, 2.75) is 5.37 Å². The molecule has 110 valence electrons. The first-order chi connectivity index (χ1) is 10.8. The van der Waals surface area contributed by atoms with Crippen LogP contribution in [0.3, 0.4) is 0 Å². The number of H-pyrrole nitrogens is 1. The van der Waals surface area contributed by atoms with Gasteiger partial charge in [0.2, 0.25) is 0 Å². The number of carbonyl (C=O) groups is 1. The van der Waals surface area contributed by atoms with Crippen LogP contribution in [0.15, 0.2) is 41.4 Å². The van der Waals surface area contributed by atoms with Gasteiger partial charge in [0.15, 0.2) is 5.13 Å². The molecule has 22 heavy (non-hydrogen) atoms. The smallest absolute Gasteiger partial charge is 0.259 e. The highest BCUT2D eigenvalue weighted by molar-refractivity contribution is 8.02. The molecule has 1 aliphatic heterocycles. The second-order valence-corrected chi connectivity index (χ2v) is 6.51. The molecule has 1 aliphatic rings. The minimum atomic E-state index is -0.205. The van der Waals surface area contributed by atoms with E-state index in [0.29, 0.717) is 16.2 Å². The summed E-state index contributed by atoms with van der Waals surface area (Å²) in [6.07, 6.45) is 3.54. The summed E-state index contributed by atoms with van der Waals surface area (Å²) >= 11 is 3.02. The zero-order valence-electron chi connectivity index (χ0n) is 11.2. The number of para-hydroxylation sites is 1.